The van der Waals surface area contributed by atoms with Crippen molar-refractivity contribution < 1.29 is 9.53 Å². The minimum absolute atomic E-state index is 0.218. The summed E-state index contributed by atoms with van der Waals surface area (Å²) in [6.45, 7) is 3.30. The number of amides is 1. The first kappa shape index (κ1) is 14.6. The quantitative estimate of drug-likeness (QED) is 0.862. The van der Waals surface area contributed by atoms with Gasteiger partial charge >= 0.3 is 0 Å². The molecule has 2 aliphatic heterocycles. The third-order valence-electron chi connectivity index (χ3n) is 5.15. The smallest absolute Gasteiger partial charge is 0.222 e. The van der Waals surface area contributed by atoms with Crippen LogP contribution in [0.4, 0.5) is 0 Å². The fourth-order valence-electron chi connectivity index (χ4n) is 3.77. The van der Waals surface area contributed by atoms with Crippen LogP contribution in [0.5, 0.6) is 0 Å². The molecule has 23 heavy (non-hydrogen) atoms. The van der Waals surface area contributed by atoms with Crippen LogP contribution >= 0.6 is 0 Å². The van der Waals surface area contributed by atoms with Crippen LogP contribution in [-0.4, -0.2) is 51.7 Å². The lowest BCUT2D eigenvalue weighted by atomic mass is 9.79. The summed E-state index contributed by atoms with van der Waals surface area (Å²) < 4.78 is 7.59. The van der Waals surface area contributed by atoms with Crippen molar-refractivity contribution in [2.75, 3.05) is 26.3 Å². The topological polar surface area (TPSA) is 59.7 Å². The van der Waals surface area contributed by atoms with E-state index in [0.717, 1.165) is 63.5 Å². The molecule has 122 valence electrons. The van der Waals surface area contributed by atoms with E-state index in [2.05, 4.69) is 10.2 Å². The lowest BCUT2D eigenvalue weighted by molar-refractivity contribution is -0.137. The van der Waals surface area contributed by atoms with Gasteiger partial charge in [-0.1, -0.05) is 6.07 Å². The van der Waals surface area contributed by atoms with Crippen molar-refractivity contribution in [3.05, 3.63) is 30.2 Å². The average Bonchev–Trinajstić information content (AvgIpc) is 3.19. The van der Waals surface area contributed by atoms with Crippen LogP contribution < -0.4 is 0 Å². The Balaban J connectivity index is 1.37. The number of ether oxygens (including phenoxy) is 1. The van der Waals surface area contributed by atoms with Gasteiger partial charge in [0, 0.05) is 44.1 Å². The minimum atomic E-state index is 0.218. The van der Waals surface area contributed by atoms with Gasteiger partial charge in [0.2, 0.25) is 5.91 Å². The zero-order chi connectivity index (χ0) is 15.7. The van der Waals surface area contributed by atoms with E-state index in [1.807, 2.05) is 33.7 Å². The summed E-state index contributed by atoms with van der Waals surface area (Å²) in [6, 6.07) is 5.90. The fourth-order valence-corrected chi connectivity index (χ4v) is 3.77. The highest BCUT2D eigenvalue weighted by Gasteiger charge is 2.41. The van der Waals surface area contributed by atoms with Crippen LogP contribution in [0, 0.1) is 5.41 Å². The molecule has 0 aromatic carbocycles. The van der Waals surface area contributed by atoms with Crippen molar-refractivity contribution in [2.24, 2.45) is 5.41 Å². The first-order valence-electron chi connectivity index (χ1n) is 8.40. The highest BCUT2D eigenvalue weighted by molar-refractivity contribution is 5.77. The highest BCUT2D eigenvalue weighted by Crippen LogP contribution is 2.38. The van der Waals surface area contributed by atoms with Gasteiger partial charge in [-0.05, 0) is 31.4 Å². The molecule has 0 N–H and O–H groups in total. The number of nitrogens with zero attached hydrogens (tertiary/aromatic N) is 4. The number of fused-ring (bicyclic) bond motifs is 1. The van der Waals surface area contributed by atoms with E-state index in [0.29, 0.717) is 6.42 Å². The molecule has 2 aromatic heterocycles. The average molecular weight is 314 g/mol. The Morgan fingerprint density at radius 2 is 2.22 bits per heavy atom. The van der Waals surface area contributed by atoms with E-state index in [9.17, 15) is 4.79 Å². The molecule has 6 nitrogen and oxygen atoms in total. The number of carbonyl (C=O) groups is 1. The Morgan fingerprint density at radius 3 is 3.09 bits per heavy atom. The molecule has 4 heterocycles. The van der Waals surface area contributed by atoms with E-state index in [1.165, 1.54) is 0 Å². The van der Waals surface area contributed by atoms with E-state index in [4.69, 9.17) is 4.74 Å². The minimum Gasteiger partial charge on any atom is -0.381 e. The Bertz CT molecular complexity index is 705. The lowest BCUT2D eigenvalue weighted by Gasteiger charge is -2.39. The molecule has 0 bridgehead atoms. The van der Waals surface area contributed by atoms with Gasteiger partial charge in [-0.25, -0.2) is 0 Å². The largest absolute Gasteiger partial charge is 0.381 e. The van der Waals surface area contributed by atoms with Crippen molar-refractivity contribution >= 4 is 11.6 Å². The third-order valence-corrected chi connectivity index (χ3v) is 5.15. The first-order chi connectivity index (χ1) is 11.3. The number of rotatable bonds is 4. The Hall–Kier alpha value is -1.95. The maximum atomic E-state index is 12.2. The third kappa shape index (κ3) is 2.83. The number of likely N-dealkylation sites (tertiary alicyclic amines) is 1. The predicted molar refractivity (Wildman–Crippen MR) is 85.0 cm³/mol. The molecule has 1 spiro atoms. The molecule has 2 aromatic rings. The molecule has 2 aliphatic rings. The van der Waals surface area contributed by atoms with Gasteiger partial charge in [-0.2, -0.15) is 0 Å². The summed E-state index contributed by atoms with van der Waals surface area (Å²) in [4.78, 5) is 14.2. The molecule has 4 rings (SSSR count). The first-order valence-corrected chi connectivity index (χ1v) is 8.40. The zero-order valence-corrected chi connectivity index (χ0v) is 13.3. The van der Waals surface area contributed by atoms with Gasteiger partial charge in [-0.15, -0.1) is 10.2 Å². The summed E-state index contributed by atoms with van der Waals surface area (Å²) in [7, 11) is 0. The van der Waals surface area contributed by atoms with E-state index < -0.39 is 0 Å². The van der Waals surface area contributed by atoms with E-state index >= 15 is 0 Å². The highest BCUT2D eigenvalue weighted by atomic mass is 16.5. The summed E-state index contributed by atoms with van der Waals surface area (Å²) in [6.07, 6.45) is 6.47. The van der Waals surface area contributed by atoms with Crippen molar-refractivity contribution in [3.63, 3.8) is 0 Å². The van der Waals surface area contributed by atoms with Crippen molar-refractivity contribution in [3.8, 4) is 0 Å². The number of pyridine rings is 1. The van der Waals surface area contributed by atoms with E-state index in [1.54, 1.807) is 0 Å². The van der Waals surface area contributed by atoms with Crippen LogP contribution in [0.1, 0.15) is 31.5 Å². The van der Waals surface area contributed by atoms with Crippen LogP contribution in [-0.2, 0) is 16.0 Å². The predicted octanol–water partition coefficient (Wildman–Crippen LogP) is 1.69. The van der Waals surface area contributed by atoms with Crippen LogP contribution in [0.3, 0.4) is 0 Å². The number of piperidine rings is 1. The fraction of sp³-hybridized carbons (Fsp3) is 0.588. The Labute approximate surface area is 135 Å². The summed E-state index contributed by atoms with van der Waals surface area (Å²) in [5.41, 5.74) is 1.09. The van der Waals surface area contributed by atoms with Crippen LogP contribution in [0.15, 0.2) is 24.4 Å². The maximum Gasteiger partial charge on any atom is 0.222 e. The monoisotopic (exact) mass is 314 g/mol. The molecule has 0 unspecified atom stereocenters. The van der Waals surface area contributed by atoms with Gasteiger partial charge in [0.15, 0.2) is 5.65 Å². The molecule has 0 radical (unpaired) electrons. The van der Waals surface area contributed by atoms with Gasteiger partial charge < -0.3 is 9.64 Å². The maximum absolute atomic E-state index is 12.2. The number of hydrogen-bond acceptors (Lipinski definition) is 4. The Morgan fingerprint density at radius 1 is 1.26 bits per heavy atom. The van der Waals surface area contributed by atoms with Crippen molar-refractivity contribution in [1.29, 1.82) is 0 Å². The zero-order valence-electron chi connectivity index (χ0n) is 13.3. The number of aryl methyl sites for hydroxylation is 1. The molecule has 2 fully saturated rings. The molecular weight excluding hydrogens is 292 g/mol. The summed E-state index contributed by atoms with van der Waals surface area (Å²) in [5.74, 6) is 1.25. The molecule has 6 heteroatoms. The molecule has 0 saturated carbocycles. The Kier molecular flexibility index (Phi) is 3.77. The SMILES string of the molecule is O=C1CC[C@@]2(CCOC2)CN1CCCc1nnc2ccccn12. The second-order valence-electron chi connectivity index (χ2n) is 6.77. The standard InChI is InChI=1S/C17H22N4O2/c22-16-6-7-17(8-11-23-13-17)12-20(16)9-3-5-15-19-18-14-4-1-2-10-21(14)15/h1-2,4,10H,3,5-9,11-13H2/t17-/m1/s1. The lowest BCUT2D eigenvalue weighted by Crippen LogP contribution is -2.47. The molecule has 0 aliphatic carbocycles. The summed E-state index contributed by atoms with van der Waals surface area (Å²) in [5, 5.41) is 8.43. The molecule has 2 saturated heterocycles. The van der Waals surface area contributed by atoms with Gasteiger partial charge in [-0.3, -0.25) is 9.20 Å². The van der Waals surface area contributed by atoms with Gasteiger partial charge in [0.1, 0.15) is 5.82 Å². The molecule has 1 atom stereocenters. The van der Waals surface area contributed by atoms with Crippen LogP contribution in [0.25, 0.3) is 5.65 Å². The number of hydrogen-bond donors (Lipinski definition) is 0. The molecule has 1 amide bonds. The van der Waals surface area contributed by atoms with Crippen molar-refractivity contribution in [1.82, 2.24) is 19.5 Å². The van der Waals surface area contributed by atoms with Gasteiger partial charge in [0.25, 0.3) is 0 Å². The number of aromatic nitrogens is 3. The van der Waals surface area contributed by atoms with E-state index in [-0.39, 0.29) is 11.3 Å². The van der Waals surface area contributed by atoms with Crippen molar-refractivity contribution in [2.45, 2.75) is 32.1 Å². The second-order valence-corrected chi connectivity index (χ2v) is 6.77. The number of carbonyl (C=O) groups excluding carboxylic acids is 1. The second kappa shape index (κ2) is 5.92. The van der Waals surface area contributed by atoms with Gasteiger partial charge in [0.05, 0.1) is 6.61 Å². The van der Waals surface area contributed by atoms with Crippen LogP contribution in [0.2, 0.25) is 0 Å². The molecular formula is C17H22N4O2. The normalized spacial score (nSPS) is 24.9. The summed E-state index contributed by atoms with van der Waals surface area (Å²) >= 11 is 0.